The number of aromatic amines is 2. The zero-order chi connectivity index (χ0) is 18.2. The van der Waals surface area contributed by atoms with Crippen molar-refractivity contribution < 1.29 is 8.42 Å². The van der Waals surface area contributed by atoms with Crippen LogP contribution in [0.3, 0.4) is 0 Å². The highest BCUT2D eigenvalue weighted by Crippen LogP contribution is 2.34. The Labute approximate surface area is 156 Å². The number of pyridine rings is 1. The highest BCUT2D eigenvalue weighted by atomic mass is 35.5. The summed E-state index contributed by atoms with van der Waals surface area (Å²) >= 11 is 0. The monoisotopic (exact) mass is 403 g/mol. The molecule has 2 atom stereocenters. The Balaban J connectivity index is 0.00000243. The van der Waals surface area contributed by atoms with Gasteiger partial charge in [0.15, 0.2) is 0 Å². The third-order valence-electron chi connectivity index (χ3n) is 5.03. The number of nitrogens with zero attached hydrogens (tertiary/aromatic N) is 1. The fourth-order valence-corrected chi connectivity index (χ4v) is 4.92. The molecule has 1 aliphatic carbocycles. The van der Waals surface area contributed by atoms with E-state index in [4.69, 9.17) is 5.73 Å². The van der Waals surface area contributed by atoms with E-state index in [0.717, 1.165) is 25.5 Å². The SMILES string of the molecule is CC1CCCCC1(CN)NS(=O)(=O)c1cnc2[nH]c(=O)[nH]c(=O)c2c1.Cl. The van der Waals surface area contributed by atoms with Crippen molar-refractivity contribution in [1.82, 2.24) is 19.7 Å². The average Bonchev–Trinajstić information content (AvgIpc) is 2.56. The van der Waals surface area contributed by atoms with Gasteiger partial charge < -0.3 is 5.73 Å². The first kappa shape index (κ1) is 20.6. The van der Waals surface area contributed by atoms with Gasteiger partial charge in [-0.15, -0.1) is 12.4 Å². The fourth-order valence-electron chi connectivity index (χ4n) is 3.41. The van der Waals surface area contributed by atoms with Crippen molar-refractivity contribution in [3.8, 4) is 0 Å². The second kappa shape index (κ2) is 7.47. The molecule has 0 bridgehead atoms. The van der Waals surface area contributed by atoms with E-state index in [0.29, 0.717) is 6.42 Å². The smallest absolute Gasteiger partial charge is 0.327 e. The van der Waals surface area contributed by atoms with Crippen molar-refractivity contribution in [2.45, 2.75) is 43.0 Å². The molecule has 5 N–H and O–H groups in total. The molecule has 1 aliphatic rings. The lowest BCUT2D eigenvalue weighted by atomic mass is 9.74. The quantitative estimate of drug-likeness (QED) is 0.573. The lowest BCUT2D eigenvalue weighted by Gasteiger charge is -2.42. The summed E-state index contributed by atoms with van der Waals surface area (Å²) in [5, 5.41) is 0.000895. The van der Waals surface area contributed by atoms with Crippen LogP contribution in [0.2, 0.25) is 0 Å². The number of sulfonamides is 1. The molecule has 9 nitrogen and oxygen atoms in total. The maximum atomic E-state index is 12.8. The number of aromatic nitrogens is 3. The van der Waals surface area contributed by atoms with Gasteiger partial charge in [0, 0.05) is 18.3 Å². The van der Waals surface area contributed by atoms with Crippen LogP contribution in [0.1, 0.15) is 32.6 Å². The van der Waals surface area contributed by atoms with Gasteiger partial charge >= 0.3 is 5.69 Å². The Morgan fingerprint density at radius 2 is 2.08 bits per heavy atom. The summed E-state index contributed by atoms with van der Waals surface area (Å²) in [5.41, 5.74) is 3.85. The van der Waals surface area contributed by atoms with Gasteiger partial charge in [-0.05, 0) is 24.8 Å². The number of nitrogens with one attached hydrogen (secondary N) is 3. The van der Waals surface area contributed by atoms with Gasteiger partial charge in [-0.3, -0.25) is 14.8 Å². The first-order valence-corrected chi connectivity index (χ1v) is 9.62. The number of fused-ring (bicyclic) bond motifs is 1. The molecule has 0 radical (unpaired) electrons. The van der Waals surface area contributed by atoms with Crippen LogP contribution in [0.5, 0.6) is 0 Å². The van der Waals surface area contributed by atoms with Gasteiger partial charge in [-0.2, -0.15) is 0 Å². The van der Waals surface area contributed by atoms with Crippen LogP contribution in [-0.4, -0.2) is 35.5 Å². The fraction of sp³-hybridized carbons (Fsp3) is 0.533. The van der Waals surface area contributed by atoms with Gasteiger partial charge in [-0.25, -0.2) is 22.9 Å². The largest absolute Gasteiger partial charge is 0.329 e. The Bertz CT molecular complexity index is 1020. The Kier molecular flexibility index (Phi) is 5.91. The topological polar surface area (TPSA) is 151 Å². The van der Waals surface area contributed by atoms with Crippen LogP contribution in [0.25, 0.3) is 11.0 Å². The van der Waals surface area contributed by atoms with Crippen molar-refractivity contribution in [3.63, 3.8) is 0 Å². The summed E-state index contributed by atoms with van der Waals surface area (Å²) in [6, 6.07) is 1.21. The molecule has 2 heterocycles. The van der Waals surface area contributed by atoms with Crippen molar-refractivity contribution in [2.75, 3.05) is 6.54 Å². The molecule has 2 unspecified atom stereocenters. The predicted molar refractivity (Wildman–Crippen MR) is 100.0 cm³/mol. The summed E-state index contributed by atoms with van der Waals surface area (Å²) in [6.45, 7) is 2.19. The van der Waals surface area contributed by atoms with E-state index in [1.54, 1.807) is 0 Å². The molecular weight excluding hydrogens is 382 g/mol. The first-order valence-electron chi connectivity index (χ1n) is 8.14. The minimum atomic E-state index is -3.92. The van der Waals surface area contributed by atoms with Crippen molar-refractivity contribution in [2.24, 2.45) is 11.7 Å². The molecule has 1 fully saturated rings. The number of halogens is 1. The molecule has 1 saturated carbocycles. The molecule has 0 aromatic carbocycles. The van der Waals surface area contributed by atoms with Crippen LogP contribution in [0, 0.1) is 5.92 Å². The van der Waals surface area contributed by atoms with E-state index >= 15 is 0 Å². The number of H-pyrrole nitrogens is 2. The van der Waals surface area contributed by atoms with E-state index in [1.165, 1.54) is 6.07 Å². The molecule has 0 aliphatic heterocycles. The Hall–Kier alpha value is -1.75. The summed E-state index contributed by atoms with van der Waals surface area (Å²) in [5.74, 6) is 0.106. The Morgan fingerprint density at radius 1 is 1.35 bits per heavy atom. The number of hydrogen-bond acceptors (Lipinski definition) is 6. The maximum absolute atomic E-state index is 12.8. The van der Waals surface area contributed by atoms with E-state index in [9.17, 15) is 18.0 Å². The molecule has 2 aromatic rings. The predicted octanol–water partition coefficient (Wildman–Crippen LogP) is 0.219. The Morgan fingerprint density at radius 3 is 2.73 bits per heavy atom. The molecule has 26 heavy (non-hydrogen) atoms. The second-order valence-electron chi connectivity index (χ2n) is 6.59. The minimum absolute atomic E-state index is 0. The van der Waals surface area contributed by atoms with Crippen molar-refractivity contribution in [3.05, 3.63) is 33.1 Å². The molecule has 0 saturated heterocycles. The summed E-state index contributed by atoms with van der Waals surface area (Å²) in [7, 11) is -3.92. The van der Waals surface area contributed by atoms with Crippen LogP contribution in [0.4, 0.5) is 0 Å². The van der Waals surface area contributed by atoms with Crippen LogP contribution in [-0.2, 0) is 10.0 Å². The van der Waals surface area contributed by atoms with E-state index in [1.807, 2.05) is 6.92 Å². The zero-order valence-electron chi connectivity index (χ0n) is 14.2. The molecular formula is C15H22ClN5O4S. The molecule has 3 rings (SSSR count). The summed E-state index contributed by atoms with van der Waals surface area (Å²) in [4.78, 5) is 31.3. The van der Waals surface area contributed by atoms with Crippen LogP contribution in [0.15, 0.2) is 26.7 Å². The molecule has 11 heteroatoms. The lowest BCUT2D eigenvalue weighted by Crippen LogP contribution is -2.58. The van der Waals surface area contributed by atoms with E-state index < -0.39 is 26.8 Å². The molecule has 2 aromatic heterocycles. The minimum Gasteiger partial charge on any atom is -0.329 e. The van der Waals surface area contributed by atoms with Gasteiger partial charge in [0.2, 0.25) is 10.0 Å². The van der Waals surface area contributed by atoms with Crippen LogP contribution >= 0.6 is 12.4 Å². The van der Waals surface area contributed by atoms with Gasteiger partial charge in [-0.1, -0.05) is 19.8 Å². The van der Waals surface area contributed by atoms with Gasteiger partial charge in [0.25, 0.3) is 5.56 Å². The molecule has 0 spiro atoms. The lowest BCUT2D eigenvalue weighted by molar-refractivity contribution is 0.191. The van der Waals surface area contributed by atoms with Crippen molar-refractivity contribution >= 4 is 33.5 Å². The normalized spacial score (nSPS) is 23.5. The zero-order valence-corrected chi connectivity index (χ0v) is 15.9. The molecule has 0 amide bonds. The third-order valence-corrected chi connectivity index (χ3v) is 6.55. The summed E-state index contributed by atoms with van der Waals surface area (Å²) < 4.78 is 28.4. The maximum Gasteiger partial charge on any atom is 0.327 e. The van der Waals surface area contributed by atoms with Gasteiger partial charge in [0.1, 0.15) is 10.5 Å². The standard InChI is InChI=1S/C15H21N5O4S.ClH/c1-9-4-2-3-5-15(9,8-16)20-25(23,24)10-6-11-12(17-7-10)18-14(22)19-13(11)21;/h6-7,9,20H,2-5,8,16H2,1H3,(H2,17,18,19,21,22);1H. The molecule has 144 valence electrons. The highest BCUT2D eigenvalue weighted by Gasteiger charge is 2.40. The van der Waals surface area contributed by atoms with Crippen LogP contribution < -0.4 is 21.7 Å². The van der Waals surface area contributed by atoms with E-state index in [-0.39, 0.29) is 40.8 Å². The van der Waals surface area contributed by atoms with Gasteiger partial charge in [0.05, 0.1) is 5.39 Å². The summed E-state index contributed by atoms with van der Waals surface area (Å²) in [6.07, 6.45) is 4.64. The third kappa shape index (κ3) is 3.68. The number of hydrogen-bond donors (Lipinski definition) is 4. The van der Waals surface area contributed by atoms with E-state index in [2.05, 4.69) is 19.7 Å². The number of nitrogens with two attached hydrogens (primary N) is 1. The second-order valence-corrected chi connectivity index (χ2v) is 8.27. The van der Waals surface area contributed by atoms with Crippen molar-refractivity contribution in [1.29, 1.82) is 0 Å². The average molecular weight is 404 g/mol. The first-order chi connectivity index (χ1) is 11.8. The highest BCUT2D eigenvalue weighted by molar-refractivity contribution is 7.89. The number of rotatable bonds is 4.